The highest BCUT2D eigenvalue weighted by Crippen LogP contribution is 2.26. The van der Waals surface area contributed by atoms with Gasteiger partial charge >= 0.3 is 6.36 Å². The summed E-state index contributed by atoms with van der Waals surface area (Å²) in [5, 5.41) is 17.8. The first kappa shape index (κ1) is 19.1. The van der Waals surface area contributed by atoms with Crippen LogP contribution in [0.15, 0.2) is 46.0 Å². The van der Waals surface area contributed by atoms with Gasteiger partial charge in [0.2, 0.25) is 0 Å². The van der Waals surface area contributed by atoms with Gasteiger partial charge in [-0.1, -0.05) is 12.1 Å². The van der Waals surface area contributed by atoms with E-state index < -0.39 is 18.2 Å². The second-order valence-corrected chi connectivity index (χ2v) is 5.87. The molecule has 0 aliphatic heterocycles. The van der Waals surface area contributed by atoms with Crippen LogP contribution < -0.4 is 4.74 Å². The molecule has 0 aliphatic rings. The van der Waals surface area contributed by atoms with Crippen molar-refractivity contribution in [2.45, 2.75) is 19.4 Å². The van der Waals surface area contributed by atoms with Crippen LogP contribution in [-0.2, 0) is 0 Å². The lowest BCUT2D eigenvalue weighted by molar-refractivity contribution is -0.274. The molecule has 0 aliphatic carbocycles. The Balaban J connectivity index is 2.27. The number of pyridine rings is 1. The van der Waals surface area contributed by atoms with Crippen LogP contribution >= 0.6 is 15.9 Å². The third-order valence-corrected chi connectivity index (χ3v) is 3.57. The highest BCUT2D eigenvalue weighted by molar-refractivity contribution is 9.10. The fourth-order valence-corrected chi connectivity index (χ4v) is 2.26. The highest BCUT2D eigenvalue weighted by atomic mass is 79.9. The Morgan fingerprint density at radius 1 is 1.36 bits per heavy atom. The van der Waals surface area contributed by atoms with Crippen molar-refractivity contribution in [1.29, 1.82) is 5.41 Å². The maximum absolute atomic E-state index is 12.2. The van der Waals surface area contributed by atoms with Crippen molar-refractivity contribution in [2.75, 3.05) is 0 Å². The number of aliphatic hydroxyl groups is 1. The standard InChI is InChI=1S/C16H13BrF3N3O2/c1-9-13(6-11(17)8-22-9)23-14(7-21)15(24)10-2-4-12(5-3-10)25-16(18,19)20/h2-8,15,21,24H,1H3. The monoisotopic (exact) mass is 415 g/mol. The summed E-state index contributed by atoms with van der Waals surface area (Å²) in [5.74, 6) is -0.399. The highest BCUT2D eigenvalue weighted by Gasteiger charge is 2.31. The minimum Gasteiger partial charge on any atom is -0.406 e. The van der Waals surface area contributed by atoms with E-state index in [0.717, 1.165) is 18.3 Å². The number of hydrogen-bond acceptors (Lipinski definition) is 5. The van der Waals surface area contributed by atoms with E-state index in [1.54, 1.807) is 19.2 Å². The lowest BCUT2D eigenvalue weighted by Gasteiger charge is -2.13. The molecule has 132 valence electrons. The molecule has 1 aromatic heterocycles. The Kier molecular flexibility index (Phi) is 5.91. The predicted octanol–water partition coefficient (Wildman–Crippen LogP) is 4.51. The van der Waals surface area contributed by atoms with E-state index in [1.165, 1.54) is 12.1 Å². The first-order valence-corrected chi connectivity index (χ1v) is 7.74. The van der Waals surface area contributed by atoms with Crippen LogP contribution in [0.25, 0.3) is 0 Å². The van der Waals surface area contributed by atoms with E-state index in [4.69, 9.17) is 5.41 Å². The normalized spacial score (nSPS) is 13.4. The second-order valence-electron chi connectivity index (χ2n) is 4.96. The third-order valence-electron chi connectivity index (χ3n) is 3.13. The van der Waals surface area contributed by atoms with Crippen LogP contribution in [0.1, 0.15) is 17.4 Å². The number of aliphatic hydroxyl groups excluding tert-OH is 1. The Morgan fingerprint density at radius 2 is 2.00 bits per heavy atom. The number of aromatic nitrogens is 1. The summed E-state index contributed by atoms with van der Waals surface area (Å²) < 4.78 is 41.0. The van der Waals surface area contributed by atoms with Crippen molar-refractivity contribution in [1.82, 2.24) is 4.98 Å². The van der Waals surface area contributed by atoms with Crippen molar-refractivity contribution in [3.05, 3.63) is 52.3 Å². The first-order chi connectivity index (χ1) is 11.7. The van der Waals surface area contributed by atoms with Crippen LogP contribution in [0.2, 0.25) is 0 Å². The smallest absolute Gasteiger partial charge is 0.406 e. The van der Waals surface area contributed by atoms with Gasteiger partial charge in [-0.15, -0.1) is 13.2 Å². The number of aliphatic imine (C=N–C) groups is 1. The lowest BCUT2D eigenvalue weighted by atomic mass is 10.1. The zero-order valence-corrected chi connectivity index (χ0v) is 14.5. The minimum absolute atomic E-state index is 0.0208. The van der Waals surface area contributed by atoms with Crippen molar-refractivity contribution in [2.24, 2.45) is 4.99 Å². The van der Waals surface area contributed by atoms with Gasteiger partial charge in [-0.25, -0.2) is 4.99 Å². The molecule has 1 atom stereocenters. The van der Waals surface area contributed by atoms with Crippen LogP contribution in [0, 0.1) is 12.3 Å². The van der Waals surface area contributed by atoms with Crippen LogP contribution in [0.4, 0.5) is 18.9 Å². The van der Waals surface area contributed by atoms with E-state index in [0.29, 0.717) is 15.9 Å². The van der Waals surface area contributed by atoms with Gasteiger partial charge in [0.15, 0.2) is 0 Å². The molecule has 2 N–H and O–H groups in total. The van der Waals surface area contributed by atoms with Gasteiger partial charge in [0.25, 0.3) is 0 Å². The minimum atomic E-state index is -4.78. The summed E-state index contributed by atoms with van der Waals surface area (Å²) in [5.41, 5.74) is 1.36. The van der Waals surface area contributed by atoms with Gasteiger partial charge in [-0.2, -0.15) is 0 Å². The number of nitrogens with one attached hydrogen (secondary N) is 1. The molecule has 0 radical (unpaired) electrons. The number of rotatable bonds is 5. The fraction of sp³-hybridized carbons (Fsp3) is 0.188. The van der Waals surface area contributed by atoms with Crippen LogP contribution in [0.5, 0.6) is 5.75 Å². The van der Waals surface area contributed by atoms with E-state index in [1.807, 2.05) is 0 Å². The van der Waals surface area contributed by atoms with E-state index in [-0.39, 0.29) is 11.3 Å². The van der Waals surface area contributed by atoms with Gasteiger partial charge in [0, 0.05) is 16.9 Å². The molecule has 2 aromatic rings. The van der Waals surface area contributed by atoms with Crippen molar-refractivity contribution >= 4 is 33.5 Å². The fourth-order valence-electron chi connectivity index (χ4n) is 1.94. The van der Waals surface area contributed by atoms with E-state index in [2.05, 4.69) is 30.6 Å². The zero-order valence-electron chi connectivity index (χ0n) is 12.9. The number of halogens is 4. The van der Waals surface area contributed by atoms with Crippen molar-refractivity contribution in [3.63, 3.8) is 0 Å². The molecule has 5 nitrogen and oxygen atoms in total. The summed E-state index contributed by atoms with van der Waals surface area (Å²) in [7, 11) is 0. The Bertz CT molecular complexity index is 792. The number of aryl methyl sites for hydroxylation is 1. The van der Waals surface area contributed by atoms with E-state index in [9.17, 15) is 18.3 Å². The molecule has 1 aromatic carbocycles. The average Bonchev–Trinajstić information content (AvgIpc) is 2.54. The molecule has 0 saturated carbocycles. The van der Waals surface area contributed by atoms with Gasteiger partial charge in [-0.3, -0.25) is 4.98 Å². The molecule has 0 spiro atoms. The van der Waals surface area contributed by atoms with E-state index >= 15 is 0 Å². The summed E-state index contributed by atoms with van der Waals surface area (Å²) >= 11 is 3.26. The average molecular weight is 416 g/mol. The number of hydrogen-bond donors (Lipinski definition) is 2. The van der Waals surface area contributed by atoms with Gasteiger partial charge in [-0.05, 0) is 46.6 Å². The second kappa shape index (κ2) is 7.75. The quantitative estimate of drug-likeness (QED) is 0.705. The maximum Gasteiger partial charge on any atom is 0.573 e. The number of alkyl halides is 3. The Morgan fingerprint density at radius 3 is 2.56 bits per heavy atom. The molecule has 0 amide bonds. The molecule has 2 rings (SSSR count). The maximum atomic E-state index is 12.2. The third kappa shape index (κ3) is 5.36. The summed E-state index contributed by atoms with van der Waals surface area (Å²) in [4.78, 5) is 8.33. The lowest BCUT2D eigenvalue weighted by Crippen LogP contribution is -2.17. The number of nitrogens with zero attached hydrogens (tertiary/aromatic N) is 2. The summed E-state index contributed by atoms with van der Waals surface area (Å²) in [6.07, 6.45) is -3.59. The van der Waals surface area contributed by atoms with Gasteiger partial charge < -0.3 is 15.3 Å². The molecule has 1 unspecified atom stereocenters. The molecular weight excluding hydrogens is 403 g/mol. The van der Waals surface area contributed by atoms with Crippen molar-refractivity contribution in [3.8, 4) is 5.75 Å². The Labute approximate surface area is 149 Å². The largest absolute Gasteiger partial charge is 0.573 e. The first-order valence-electron chi connectivity index (χ1n) is 6.94. The topological polar surface area (TPSA) is 78.6 Å². The van der Waals surface area contributed by atoms with Crippen molar-refractivity contribution < 1.29 is 23.0 Å². The Hall–Kier alpha value is -2.26. The van der Waals surface area contributed by atoms with Gasteiger partial charge in [0.05, 0.1) is 17.1 Å². The number of benzene rings is 1. The number of ether oxygens (including phenoxy) is 1. The molecule has 9 heteroatoms. The molecule has 0 fully saturated rings. The molecule has 1 heterocycles. The summed E-state index contributed by atoms with van der Waals surface area (Å²) in [6, 6.07) is 6.39. The molecule has 25 heavy (non-hydrogen) atoms. The molecule has 0 saturated heterocycles. The molecule has 0 bridgehead atoms. The van der Waals surface area contributed by atoms with Gasteiger partial charge in [0.1, 0.15) is 11.9 Å². The van der Waals surface area contributed by atoms with Crippen LogP contribution in [0.3, 0.4) is 0 Å². The zero-order chi connectivity index (χ0) is 18.6. The van der Waals surface area contributed by atoms with Crippen LogP contribution in [-0.4, -0.2) is 28.4 Å². The summed E-state index contributed by atoms with van der Waals surface area (Å²) in [6.45, 7) is 1.72. The SMILES string of the molecule is Cc1ncc(Br)cc1N=C(C=N)C(O)c1ccc(OC(F)(F)F)cc1. The predicted molar refractivity (Wildman–Crippen MR) is 90.6 cm³/mol. The molecular formula is C16H13BrF3N3O2.